The number of aryl methyl sites for hydroxylation is 1. The fraction of sp³-hybridized carbons (Fsp3) is 0.529. The van der Waals surface area contributed by atoms with Gasteiger partial charge in [0.25, 0.3) is 0 Å². The topological polar surface area (TPSA) is 69.6 Å². The molecular weight excluding hydrogens is 296 g/mol. The van der Waals surface area contributed by atoms with E-state index in [1.165, 1.54) is 6.92 Å². The molecule has 0 aromatic carbocycles. The number of carbonyl (C=O) groups excluding carboxylic acids is 2. The summed E-state index contributed by atoms with van der Waals surface area (Å²) in [6.07, 6.45) is 5.00. The second-order valence-electron chi connectivity index (χ2n) is 6.70. The highest BCUT2D eigenvalue weighted by molar-refractivity contribution is 5.70. The SMILES string of the molecule is CC(=O)OC[C@@](C)(/C=C/c1cccn1C)NC(=O)OC(C)(C)C. The number of aromatic nitrogens is 1. The number of nitrogens with zero attached hydrogens (tertiary/aromatic N) is 1. The van der Waals surface area contributed by atoms with Crippen molar-refractivity contribution < 1.29 is 19.1 Å². The highest BCUT2D eigenvalue weighted by atomic mass is 16.6. The van der Waals surface area contributed by atoms with Gasteiger partial charge < -0.3 is 19.4 Å². The molecule has 0 fully saturated rings. The number of alkyl carbamates (subject to hydrolysis) is 1. The zero-order chi connectivity index (χ0) is 17.7. The van der Waals surface area contributed by atoms with Crippen LogP contribution in [-0.2, 0) is 21.3 Å². The van der Waals surface area contributed by atoms with E-state index in [4.69, 9.17) is 9.47 Å². The molecule has 1 amide bonds. The largest absolute Gasteiger partial charge is 0.463 e. The molecule has 0 aliphatic carbocycles. The van der Waals surface area contributed by atoms with Gasteiger partial charge >= 0.3 is 12.1 Å². The Bertz CT molecular complexity index is 584. The smallest absolute Gasteiger partial charge is 0.408 e. The van der Waals surface area contributed by atoms with Gasteiger partial charge in [-0.1, -0.05) is 6.08 Å². The van der Waals surface area contributed by atoms with Gasteiger partial charge in [0.05, 0.1) is 5.54 Å². The van der Waals surface area contributed by atoms with Gasteiger partial charge in [0.2, 0.25) is 0 Å². The van der Waals surface area contributed by atoms with Gasteiger partial charge in [0, 0.05) is 25.9 Å². The van der Waals surface area contributed by atoms with E-state index < -0.39 is 23.2 Å². The van der Waals surface area contributed by atoms with E-state index in [-0.39, 0.29) is 6.61 Å². The number of amides is 1. The van der Waals surface area contributed by atoms with E-state index in [0.29, 0.717) is 0 Å². The predicted octanol–water partition coefficient (Wildman–Crippen LogP) is 2.88. The molecule has 0 unspecified atom stereocenters. The van der Waals surface area contributed by atoms with Crippen molar-refractivity contribution in [3.05, 3.63) is 30.1 Å². The Kier molecular flexibility index (Phi) is 6.01. The minimum absolute atomic E-state index is 0.0164. The van der Waals surface area contributed by atoms with Crippen LogP contribution >= 0.6 is 0 Å². The lowest BCUT2D eigenvalue weighted by molar-refractivity contribution is -0.142. The summed E-state index contributed by atoms with van der Waals surface area (Å²) in [4.78, 5) is 23.1. The average Bonchev–Trinajstić information content (AvgIpc) is 2.77. The molecule has 6 heteroatoms. The molecule has 0 saturated carbocycles. The van der Waals surface area contributed by atoms with Crippen molar-refractivity contribution in [1.82, 2.24) is 9.88 Å². The van der Waals surface area contributed by atoms with Crippen LogP contribution in [0.1, 0.15) is 40.3 Å². The standard InChI is InChI=1S/C17H26N2O4/c1-13(20)22-12-17(5,18-15(21)23-16(2,3)4)10-9-14-8-7-11-19(14)6/h7-11H,12H2,1-6H3,(H,18,21)/b10-9+/t17-/m1/s1. The van der Waals surface area contributed by atoms with Crippen molar-refractivity contribution in [2.24, 2.45) is 7.05 Å². The van der Waals surface area contributed by atoms with E-state index in [9.17, 15) is 9.59 Å². The number of carbonyl (C=O) groups is 2. The maximum Gasteiger partial charge on any atom is 0.408 e. The zero-order valence-corrected chi connectivity index (χ0v) is 14.7. The third-order valence-corrected chi connectivity index (χ3v) is 2.97. The molecule has 1 atom stereocenters. The normalized spacial score (nSPS) is 14.3. The molecular formula is C17H26N2O4. The first-order chi connectivity index (χ1) is 10.5. The van der Waals surface area contributed by atoms with Crippen LogP contribution in [-0.4, -0.2) is 34.4 Å². The van der Waals surface area contributed by atoms with Gasteiger partial charge in [-0.25, -0.2) is 4.79 Å². The summed E-state index contributed by atoms with van der Waals surface area (Å²) in [5, 5.41) is 2.75. The van der Waals surface area contributed by atoms with Gasteiger partial charge in [0.1, 0.15) is 12.2 Å². The fourth-order valence-electron chi connectivity index (χ4n) is 1.83. The molecule has 0 bridgehead atoms. The summed E-state index contributed by atoms with van der Waals surface area (Å²) in [7, 11) is 1.92. The highest BCUT2D eigenvalue weighted by Crippen LogP contribution is 2.14. The molecule has 23 heavy (non-hydrogen) atoms. The van der Waals surface area contributed by atoms with Crippen molar-refractivity contribution >= 4 is 18.1 Å². The van der Waals surface area contributed by atoms with Crippen LogP contribution in [0.15, 0.2) is 24.4 Å². The number of esters is 1. The van der Waals surface area contributed by atoms with Gasteiger partial charge in [-0.05, 0) is 45.9 Å². The Labute approximate surface area is 137 Å². The first-order valence-electron chi connectivity index (χ1n) is 7.46. The van der Waals surface area contributed by atoms with E-state index in [1.807, 2.05) is 36.0 Å². The highest BCUT2D eigenvalue weighted by Gasteiger charge is 2.28. The molecule has 0 spiro atoms. The zero-order valence-electron chi connectivity index (χ0n) is 14.7. The van der Waals surface area contributed by atoms with Crippen molar-refractivity contribution in [3.63, 3.8) is 0 Å². The lowest BCUT2D eigenvalue weighted by Crippen LogP contribution is -2.50. The number of hydrogen-bond donors (Lipinski definition) is 1. The summed E-state index contributed by atoms with van der Waals surface area (Å²) < 4.78 is 12.3. The Morgan fingerprint density at radius 1 is 1.30 bits per heavy atom. The monoisotopic (exact) mass is 322 g/mol. The summed E-state index contributed by atoms with van der Waals surface area (Å²) in [5.41, 5.74) is -0.517. The third kappa shape index (κ3) is 7.04. The number of nitrogens with one attached hydrogen (secondary N) is 1. The quantitative estimate of drug-likeness (QED) is 0.846. The minimum atomic E-state index is -0.877. The molecule has 1 N–H and O–H groups in total. The summed E-state index contributed by atoms with van der Waals surface area (Å²) in [6, 6.07) is 3.86. The predicted molar refractivity (Wildman–Crippen MR) is 88.9 cm³/mol. The van der Waals surface area contributed by atoms with Crippen LogP contribution in [0.5, 0.6) is 0 Å². The molecule has 0 saturated heterocycles. The van der Waals surface area contributed by atoms with Crippen LogP contribution in [0.4, 0.5) is 4.79 Å². The second kappa shape index (κ2) is 7.35. The lowest BCUT2D eigenvalue weighted by atomic mass is 10.0. The van der Waals surface area contributed by atoms with Gasteiger partial charge in [-0.3, -0.25) is 4.79 Å². The Balaban J connectivity index is 2.88. The van der Waals surface area contributed by atoms with E-state index in [0.717, 1.165) is 5.69 Å². The molecule has 0 aliphatic heterocycles. The average molecular weight is 322 g/mol. The lowest BCUT2D eigenvalue weighted by Gasteiger charge is -2.29. The molecule has 0 radical (unpaired) electrons. The van der Waals surface area contributed by atoms with Gasteiger partial charge in [-0.2, -0.15) is 0 Å². The maximum atomic E-state index is 12.0. The maximum absolute atomic E-state index is 12.0. The molecule has 6 nitrogen and oxygen atoms in total. The van der Waals surface area contributed by atoms with Crippen molar-refractivity contribution in [2.45, 2.75) is 45.8 Å². The minimum Gasteiger partial charge on any atom is -0.463 e. The van der Waals surface area contributed by atoms with Crippen LogP contribution in [0, 0.1) is 0 Å². The van der Waals surface area contributed by atoms with Crippen LogP contribution in [0.2, 0.25) is 0 Å². The van der Waals surface area contributed by atoms with E-state index >= 15 is 0 Å². The van der Waals surface area contributed by atoms with E-state index in [1.54, 1.807) is 33.8 Å². The molecule has 128 valence electrons. The summed E-state index contributed by atoms with van der Waals surface area (Å²) in [6.45, 7) is 8.47. The Hall–Kier alpha value is -2.24. The first kappa shape index (κ1) is 18.8. The molecule has 0 aliphatic rings. The molecule has 1 rings (SSSR count). The third-order valence-electron chi connectivity index (χ3n) is 2.97. The number of hydrogen-bond acceptors (Lipinski definition) is 4. The van der Waals surface area contributed by atoms with E-state index in [2.05, 4.69) is 5.32 Å². The number of ether oxygens (including phenoxy) is 2. The van der Waals surface area contributed by atoms with Crippen molar-refractivity contribution in [3.8, 4) is 0 Å². The van der Waals surface area contributed by atoms with Gasteiger partial charge in [0.15, 0.2) is 0 Å². The molecule has 1 aromatic heterocycles. The Morgan fingerprint density at radius 3 is 2.43 bits per heavy atom. The second-order valence-corrected chi connectivity index (χ2v) is 6.70. The molecule has 1 heterocycles. The van der Waals surface area contributed by atoms with Crippen molar-refractivity contribution in [2.75, 3.05) is 6.61 Å². The van der Waals surface area contributed by atoms with Crippen LogP contribution in [0.3, 0.4) is 0 Å². The molecule has 1 aromatic rings. The van der Waals surface area contributed by atoms with Crippen LogP contribution in [0.25, 0.3) is 6.08 Å². The van der Waals surface area contributed by atoms with Crippen LogP contribution < -0.4 is 5.32 Å². The first-order valence-corrected chi connectivity index (χ1v) is 7.46. The summed E-state index contributed by atoms with van der Waals surface area (Å²) in [5.74, 6) is -0.408. The Morgan fingerprint density at radius 2 is 1.96 bits per heavy atom. The van der Waals surface area contributed by atoms with Gasteiger partial charge in [-0.15, -0.1) is 0 Å². The fourth-order valence-corrected chi connectivity index (χ4v) is 1.83. The summed E-state index contributed by atoms with van der Waals surface area (Å²) >= 11 is 0. The van der Waals surface area contributed by atoms with Crippen molar-refractivity contribution in [1.29, 1.82) is 0 Å². The number of rotatable bonds is 5.